The van der Waals surface area contributed by atoms with Crippen LogP contribution in [0.3, 0.4) is 0 Å². The second-order valence-electron chi connectivity index (χ2n) is 4.50. The van der Waals surface area contributed by atoms with Gasteiger partial charge in [-0.2, -0.15) is 0 Å². The van der Waals surface area contributed by atoms with Crippen molar-refractivity contribution in [2.45, 2.75) is 37.8 Å². The fourth-order valence-corrected chi connectivity index (χ4v) is 2.48. The van der Waals surface area contributed by atoms with Crippen LogP contribution in [-0.4, -0.2) is 59.3 Å². The molecule has 3 N–H and O–H groups in total. The van der Waals surface area contributed by atoms with Crippen molar-refractivity contribution >= 4 is 11.9 Å². The molecule has 0 aromatic heterocycles. The van der Waals surface area contributed by atoms with Crippen molar-refractivity contribution in [1.82, 2.24) is 10.2 Å². The molecule has 0 aromatic rings. The highest BCUT2D eigenvalue weighted by molar-refractivity contribution is 6.27. The first-order chi connectivity index (χ1) is 8.02. The van der Waals surface area contributed by atoms with Gasteiger partial charge in [0.1, 0.15) is 0 Å². The number of carbonyl (C=O) groups is 2. The quantitative estimate of drug-likeness (QED) is 0.519. The molecule has 2 atom stereocenters. The molecule has 0 amide bonds. The lowest BCUT2D eigenvalue weighted by molar-refractivity contribution is -0.159. The minimum Gasteiger partial charge on any atom is -0.473 e. The molecule has 6 nitrogen and oxygen atoms in total. The summed E-state index contributed by atoms with van der Waals surface area (Å²) >= 11 is 0. The van der Waals surface area contributed by atoms with E-state index in [0.717, 1.165) is 12.1 Å². The van der Waals surface area contributed by atoms with Crippen molar-refractivity contribution in [3.8, 4) is 0 Å². The summed E-state index contributed by atoms with van der Waals surface area (Å²) in [6.45, 7) is 2.55. The van der Waals surface area contributed by atoms with E-state index in [-0.39, 0.29) is 0 Å². The Morgan fingerprint density at radius 2 is 1.82 bits per heavy atom. The van der Waals surface area contributed by atoms with E-state index in [4.69, 9.17) is 19.8 Å². The monoisotopic (exact) mass is 244 g/mol. The Kier molecular flexibility index (Phi) is 5.37. The smallest absolute Gasteiger partial charge is 0.414 e. The summed E-state index contributed by atoms with van der Waals surface area (Å²) < 4.78 is 0. The minimum absolute atomic E-state index is 0.808. The number of carboxylic acids is 2. The summed E-state index contributed by atoms with van der Waals surface area (Å²) in [4.78, 5) is 20.7. The third-order valence-corrected chi connectivity index (χ3v) is 3.32. The topological polar surface area (TPSA) is 89.9 Å². The normalized spacial score (nSPS) is 28.5. The molecule has 6 heteroatoms. The Balaban J connectivity index is 0.000000209. The average Bonchev–Trinajstić information content (AvgIpc) is 2.30. The maximum atomic E-state index is 9.10. The molecule has 17 heavy (non-hydrogen) atoms. The van der Waals surface area contributed by atoms with Gasteiger partial charge in [0.15, 0.2) is 0 Å². The van der Waals surface area contributed by atoms with Gasteiger partial charge in [-0.1, -0.05) is 0 Å². The van der Waals surface area contributed by atoms with E-state index >= 15 is 0 Å². The van der Waals surface area contributed by atoms with Gasteiger partial charge in [0.05, 0.1) is 0 Å². The molecule has 0 saturated carbocycles. The number of aliphatic carboxylic acids is 2. The van der Waals surface area contributed by atoms with Crippen molar-refractivity contribution in [2.24, 2.45) is 0 Å². The number of hydrogen-bond acceptors (Lipinski definition) is 4. The van der Waals surface area contributed by atoms with Gasteiger partial charge < -0.3 is 20.4 Å². The lowest BCUT2D eigenvalue weighted by Gasteiger charge is -2.42. The number of likely N-dealkylation sites (N-methyl/N-ethyl adjacent to an activating group) is 1. The van der Waals surface area contributed by atoms with Crippen LogP contribution in [0.15, 0.2) is 0 Å². The zero-order valence-electron chi connectivity index (χ0n) is 10.1. The lowest BCUT2D eigenvalue weighted by Crippen LogP contribution is -2.55. The van der Waals surface area contributed by atoms with E-state index in [2.05, 4.69) is 17.3 Å². The Morgan fingerprint density at radius 1 is 1.18 bits per heavy atom. The third-order valence-electron chi connectivity index (χ3n) is 3.32. The fourth-order valence-electron chi connectivity index (χ4n) is 2.48. The number of nitrogens with one attached hydrogen (secondary N) is 1. The van der Waals surface area contributed by atoms with Crippen LogP contribution in [0.25, 0.3) is 0 Å². The van der Waals surface area contributed by atoms with Crippen molar-refractivity contribution in [1.29, 1.82) is 0 Å². The maximum absolute atomic E-state index is 9.10. The predicted molar refractivity (Wildman–Crippen MR) is 61.9 cm³/mol. The van der Waals surface area contributed by atoms with Crippen molar-refractivity contribution in [2.75, 3.05) is 20.1 Å². The average molecular weight is 244 g/mol. The molecule has 2 unspecified atom stereocenters. The molecule has 0 spiro atoms. The molecule has 0 aliphatic carbocycles. The van der Waals surface area contributed by atoms with Crippen molar-refractivity contribution in [3.63, 3.8) is 0 Å². The van der Waals surface area contributed by atoms with Crippen molar-refractivity contribution < 1.29 is 19.8 Å². The first-order valence-electron chi connectivity index (χ1n) is 5.92. The molecule has 0 radical (unpaired) electrons. The van der Waals surface area contributed by atoms with Gasteiger partial charge >= 0.3 is 11.9 Å². The third kappa shape index (κ3) is 4.32. The van der Waals surface area contributed by atoms with Gasteiger partial charge in [-0.15, -0.1) is 0 Å². The largest absolute Gasteiger partial charge is 0.473 e. The van der Waals surface area contributed by atoms with E-state index in [1.807, 2.05) is 0 Å². The van der Waals surface area contributed by atoms with Gasteiger partial charge in [0, 0.05) is 12.1 Å². The number of hydrogen-bond donors (Lipinski definition) is 3. The van der Waals surface area contributed by atoms with E-state index < -0.39 is 11.9 Å². The Bertz CT molecular complexity index is 269. The Labute approximate surface area is 101 Å². The number of nitrogens with zero attached hydrogens (tertiary/aromatic N) is 1. The van der Waals surface area contributed by atoms with E-state index in [9.17, 15) is 0 Å². The fraction of sp³-hybridized carbons (Fsp3) is 0.818. The second-order valence-corrected chi connectivity index (χ2v) is 4.50. The second kappa shape index (κ2) is 6.56. The van der Waals surface area contributed by atoms with Gasteiger partial charge in [-0.3, -0.25) is 0 Å². The zero-order chi connectivity index (χ0) is 12.8. The van der Waals surface area contributed by atoms with Crippen molar-refractivity contribution in [3.05, 3.63) is 0 Å². The SMILES string of the molecule is CN1CCCC2NCCCC21.O=C(O)C(=O)O. The molecule has 0 aromatic carbocycles. The van der Waals surface area contributed by atoms with Crippen LogP contribution < -0.4 is 5.32 Å². The molecule has 98 valence electrons. The van der Waals surface area contributed by atoms with Crippen LogP contribution in [0.5, 0.6) is 0 Å². The van der Waals surface area contributed by atoms with Gasteiger partial charge in [-0.25, -0.2) is 9.59 Å². The molecule has 2 aliphatic rings. The van der Waals surface area contributed by atoms with Gasteiger partial charge in [0.25, 0.3) is 0 Å². The van der Waals surface area contributed by atoms with Gasteiger partial charge in [-0.05, 0) is 45.8 Å². The van der Waals surface area contributed by atoms with Crippen LogP contribution in [0.1, 0.15) is 25.7 Å². The molecule has 2 saturated heterocycles. The highest BCUT2D eigenvalue weighted by atomic mass is 16.4. The van der Waals surface area contributed by atoms with Crippen LogP contribution in [-0.2, 0) is 9.59 Å². The highest BCUT2D eigenvalue weighted by Gasteiger charge is 2.30. The zero-order valence-corrected chi connectivity index (χ0v) is 10.1. The predicted octanol–water partition coefficient (Wildman–Crippen LogP) is -0.0118. The molecule has 2 aliphatic heterocycles. The Hall–Kier alpha value is -1.14. The maximum Gasteiger partial charge on any atom is 0.414 e. The first kappa shape index (κ1) is 13.9. The summed E-state index contributed by atoms with van der Waals surface area (Å²) in [6.07, 6.45) is 5.55. The highest BCUT2D eigenvalue weighted by Crippen LogP contribution is 2.22. The summed E-state index contributed by atoms with van der Waals surface area (Å²) in [7, 11) is 2.27. The Morgan fingerprint density at radius 3 is 2.35 bits per heavy atom. The summed E-state index contributed by atoms with van der Waals surface area (Å²) in [5.74, 6) is -3.65. The number of likely N-dealkylation sites (tertiary alicyclic amines) is 1. The molecule has 2 rings (SSSR count). The van der Waals surface area contributed by atoms with E-state index in [0.29, 0.717) is 0 Å². The van der Waals surface area contributed by atoms with E-state index in [1.165, 1.54) is 38.8 Å². The number of piperidine rings is 2. The molecule has 2 heterocycles. The van der Waals surface area contributed by atoms with Crippen LogP contribution in [0, 0.1) is 0 Å². The minimum atomic E-state index is -1.82. The number of rotatable bonds is 0. The summed E-state index contributed by atoms with van der Waals surface area (Å²) in [5, 5.41) is 18.4. The van der Waals surface area contributed by atoms with E-state index in [1.54, 1.807) is 0 Å². The number of carboxylic acid groups (broad SMARTS) is 2. The lowest BCUT2D eigenvalue weighted by atomic mass is 9.90. The molecular formula is C11H20N2O4. The standard InChI is InChI=1S/C9H18N2.C2H2O4/c1-11-7-3-4-8-9(11)5-2-6-10-8;3-1(4)2(5)6/h8-10H,2-7H2,1H3;(H,3,4)(H,5,6). The molecule has 0 bridgehead atoms. The van der Waals surface area contributed by atoms with Crippen LogP contribution >= 0.6 is 0 Å². The summed E-state index contributed by atoms with van der Waals surface area (Å²) in [5.41, 5.74) is 0. The summed E-state index contributed by atoms with van der Waals surface area (Å²) in [6, 6.07) is 1.65. The van der Waals surface area contributed by atoms with Crippen LogP contribution in [0.2, 0.25) is 0 Å². The van der Waals surface area contributed by atoms with Crippen LogP contribution in [0.4, 0.5) is 0 Å². The molecular weight excluding hydrogens is 224 g/mol. The number of fused-ring (bicyclic) bond motifs is 1. The van der Waals surface area contributed by atoms with Gasteiger partial charge in [0.2, 0.25) is 0 Å². The molecule has 2 fully saturated rings. The first-order valence-corrected chi connectivity index (χ1v) is 5.92.